The molecule has 0 fully saturated rings. The van der Waals surface area contributed by atoms with E-state index in [-0.39, 0.29) is 11.3 Å². The number of carbonyl (C=O) groups excluding carboxylic acids is 1. The normalized spacial score (nSPS) is 14.6. The predicted molar refractivity (Wildman–Crippen MR) is 93.0 cm³/mol. The van der Waals surface area contributed by atoms with Crippen LogP contribution in [0.3, 0.4) is 0 Å². The van der Waals surface area contributed by atoms with Gasteiger partial charge in [-0.05, 0) is 18.0 Å². The molecule has 2 aromatic rings. The second-order valence-electron chi connectivity index (χ2n) is 5.69. The fraction of sp³-hybridized carbons (Fsp3) is 0.278. The van der Waals surface area contributed by atoms with E-state index in [9.17, 15) is 18.0 Å². The molecule has 9 heteroatoms. The van der Waals surface area contributed by atoms with E-state index in [1.165, 1.54) is 43.3 Å². The van der Waals surface area contributed by atoms with Crippen molar-refractivity contribution >= 4 is 11.6 Å². The Morgan fingerprint density at radius 2 is 1.74 bits per heavy atom. The quantitative estimate of drug-likeness (QED) is 0.440. The third-order valence-corrected chi connectivity index (χ3v) is 4.11. The van der Waals surface area contributed by atoms with Gasteiger partial charge >= 0.3 is 6.18 Å². The first-order valence-corrected chi connectivity index (χ1v) is 7.90. The summed E-state index contributed by atoms with van der Waals surface area (Å²) in [5.74, 6) is -1.37. The van der Waals surface area contributed by atoms with Crippen molar-refractivity contribution in [2.45, 2.75) is 24.7 Å². The number of hydrogen-bond donors (Lipinski definition) is 1. The Balaban J connectivity index is 2.45. The summed E-state index contributed by atoms with van der Waals surface area (Å²) in [4.78, 5) is 15.4. The van der Waals surface area contributed by atoms with Crippen LogP contribution in [0.1, 0.15) is 24.1 Å². The molecule has 2 atom stereocenters. The first-order chi connectivity index (χ1) is 12.8. The molecule has 2 aromatic carbocycles. The van der Waals surface area contributed by atoms with E-state index in [4.69, 9.17) is 10.3 Å². The third-order valence-electron chi connectivity index (χ3n) is 4.11. The van der Waals surface area contributed by atoms with Gasteiger partial charge in [0.1, 0.15) is 0 Å². The zero-order valence-corrected chi connectivity index (χ0v) is 14.6. The number of amides is 1. The molecule has 0 aliphatic heterocycles. The minimum Gasteiger partial charge on any atom is -0.356 e. The van der Waals surface area contributed by atoms with Crippen molar-refractivity contribution in [3.05, 3.63) is 76.2 Å². The molecule has 0 aromatic heterocycles. The van der Waals surface area contributed by atoms with E-state index < -0.39 is 23.7 Å². The molecule has 27 heavy (non-hydrogen) atoms. The van der Waals surface area contributed by atoms with Crippen LogP contribution < -0.4 is 5.32 Å². The van der Waals surface area contributed by atoms with Gasteiger partial charge in [-0.1, -0.05) is 59.7 Å². The van der Waals surface area contributed by atoms with Crippen LogP contribution in [-0.4, -0.2) is 19.2 Å². The van der Waals surface area contributed by atoms with Crippen LogP contribution >= 0.6 is 0 Å². The number of nitrogens with one attached hydrogen (secondary N) is 1. The zero-order valence-electron chi connectivity index (χ0n) is 14.6. The van der Waals surface area contributed by atoms with Gasteiger partial charge < -0.3 is 10.1 Å². The highest BCUT2D eigenvalue weighted by molar-refractivity contribution is 5.88. The molecule has 0 spiro atoms. The lowest BCUT2D eigenvalue weighted by Crippen LogP contribution is -2.56. The average molecular weight is 378 g/mol. The highest BCUT2D eigenvalue weighted by Gasteiger charge is 2.62. The second-order valence-corrected chi connectivity index (χ2v) is 5.69. The molecule has 142 valence electrons. The summed E-state index contributed by atoms with van der Waals surface area (Å²) in [5, 5.41) is 5.82. The smallest absolute Gasteiger partial charge is 0.356 e. The number of carbonyl (C=O) groups is 1. The van der Waals surface area contributed by atoms with Crippen LogP contribution in [0, 0.1) is 0 Å². The maximum atomic E-state index is 13.9. The monoisotopic (exact) mass is 378 g/mol. The van der Waals surface area contributed by atoms with Crippen molar-refractivity contribution < 1.29 is 22.7 Å². The highest BCUT2D eigenvalue weighted by Crippen LogP contribution is 2.42. The van der Waals surface area contributed by atoms with E-state index in [0.29, 0.717) is 5.56 Å². The van der Waals surface area contributed by atoms with Crippen LogP contribution in [0.2, 0.25) is 0 Å². The van der Waals surface area contributed by atoms with Gasteiger partial charge in [0, 0.05) is 23.3 Å². The maximum Gasteiger partial charge on any atom is 0.430 e. The molecule has 0 radical (unpaired) electrons. The van der Waals surface area contributed by atoms with E-state index in [2.05, 4.69) is 15.3 Å². The van der Waals surface area contributed by atoms with Crippen LogP contribution in [0.4, 0.5) is 18.9 Å². The van der Waals surface area contributed by atoms with Crippen LogP contribution in [-0.2, 0) is 15.1 Å². The summed E-state index contributed by atoms with van der Waals surface area (Å²) >= 11 is 0. The van der Waals surface area contributed by atoms with Gasteiger partial charge in [-0.3, -0.25) is 4.79 Å². The van der Waals surface area contributed by atoms with Crippen molar-refractivity contribution in [3.8, 4) is 0 Å². The van der Waals surface area contributed by atoms with Gasteiger partial charge in [0.15, 0.2) is 0 Å². The summed E-state index contributed by atoms with van der Waals surface area (Å²) in [6, 6.07) is 12.1. The fourth-order valence-electron chi connectivity index (χ4n) is 2.79. The molecule has 1 amide bonds. The Labute approximate surface area is 153 Å². The van der Waals surface area contributed by atoms with Crippen LogP contribution in [0.5, 0.6) is 0 Å². The van der Waals surface area contributed by atoms with Crippen molar-refractivity contribution in [2.75, 3.05) is 7.11 Å². The van der Waals surface area contributed by atoms with Crippen molar-refractivity contribution in [1.29, 1.82) is 0 Å². The van der Waals surface area contributed by atoms with Crippen LogP contribution in [0.15, 0.2) is 59.7 Å². The summed E-state index contributed by atoms with van der Waals surface area (Å²) < 4.78 is 46.5. The molecule has 2 rings (SSSR count). The topological polar surface area (TPSA) is 87.1 Å². The van der Waals surface area contributed by atoms with Gasteiger partial charge in [-0.25, -0.2) is 0 Å². The molecule has 1 N–H and O–H groups in total. The largest absolute Gasteiger partial charge is 0.430 e. The zero-order chi connectivity index (χ0) is 20.1. The van der Waals surface area contributed by atoms with Gasteiger partial charge in [0.2, 0.25) is 0 Å². The first kappa shape index (κ1) is 20.3. The van der Waals surface area contributed by atoms with Gasteiger partial charge in [0.05, 0.1) is 6.04 Å². The minimum atomic E-state index is -5.00. The lowest BCUT2D eigenvalue weighted by molar-refractivity contribution is -0.266. The molecular formula is C18H17F3N4O2. The van der Waals surface area contributed by atoms with Crippen molar-refractivity contribution in [2.24, 2.45) is 5.11 Å². The summed E-state index contributed by atoms with van der Waals surface area (Å²) in [6.45, 7) is 1.49. The fourth-order valence-corrected chi connectivity index (χ4v) is 2.79. The van der Waals surface area contributed by atoms with E-state index in [1.807, 2.05) is 0 Å². The van der Waals surface area contributed by atoms with Gasteiger partial charge in [0.25, 0.3) is 11.5 Å². The number of ether oxygens (including phenoxy) is 1. The number of azide groups is 1. The summed E-state index contributed by atoms with van der Waals surface area (Å²) in [7, 11) is 0.832. The number of alkyl halides is 3. The number of halogens is 3. The molecule has 0 aliphatic rings. The third kappa shape index (κ3) is 3.89. The molecule has 0 bridgehead atoms. The van der Waals surface area contributed by atoms with E-state index in [1.54, 1.807) is 18.2 Å². The van der Waals surface area contributed by atoms with Gasteiger partial charge in [-0.15, -0.1) is 0 Å². The Morgan fingerprint density at radius 3 is 2.30 bits per heavy atom. The van der Waals surface area contributed by atoms with E-state index >= 15 is 0 Å². The minimum absolute atomic E-state index is 0.211. The molecule has 0 saturated carbocycles. The number of hydrogen-bond acceptors (Lipinski definition) is 3. The highest BCUT2D eigenvalue weighted by atomic mass is 19.4. The van der Waals surface area contributed by atoms with Gasteiger partial charge in [-0.2, -0.15) is 13.2 Å². The molecule has 0 aliphatic carbocycles. The molecule has 0 unspecified atom stereocenters. The number of rotatable bonds is 6. The number of methoxy groups -OCH3 is 1. The summed E-state index contributed by atoms with van der Waals surface area (Å²) in [6.07, 6.45) is -5.00. The molecule has 6 nitrogen and oxygen atoms in total. The second kappa shape index (κ2) is 8.11. The van der Waals surface area contributed by atoms with Crippen molar-refractivity contribution in [1.82, 2.24) is 5.32 Å². The van der Waals surface area contributed by atoms with E-state index in [0.717, 1.165) is 7.11 Å². The van der Waals surface area contributed by atoms with Crippen LogP contribution in [0.25, 0.3) is 10.4 Å². The average Bonchev–Trinajstić information content (AvgIpc) is 2.63. The maximum absolute atomic E-state index is 13.9. The first-order valence-electron chi connectivity index (χ1n) is 7.90. The Morgan fingerprint density at radius 1 is 1.15 bits per heavy atom. The Bertz CT molecular complexity index is 851. The SMILES string of the molecule is CO[C@@](C(=O)N[C@@H](C)c1ccccc1N=[N+]=[N-])(c1ccccc1)C(F)(F)F. The Hall–Kier alpha value is -3.03. The molecule has 0 heterocycles. The number of nitrogens with zero attached hydrogens (tertiary/aromatic N) is 3. The molecular weight excluding hydrogens is 361 g/mol. The standard InChI is InChI=1S/C18H17F3N4O2/c1-12(14-10-6-7-11-15(14)24-25-22)23-16(26)17(27-2,18(19,20)21)13-8-4-3-5-9-13/h3-12H,1-2H3,(H,23,26)/t12-,17+/m0/s1. The lowest BCUT2D eigenvalue weighted by atomic mass is 9.91. The predicted octanol–water partition coefficient (Wildman–Crippen LogP) is 4.91. The number of benzene rings is 2. The van der Waals surface area contributed by atoms with Crippen molar-refractivity contribution in [3.63, 3.8) is 0 Å². The lowest BCUT2D eigenvalue weighted by Gasteiger charge is -2.34. The Kier molecular flexibility index (Phi) is 6.09. The summed E-state index contributed by atoms with van der Waals surface area (Å²) in [5.41, 5.74) is 5.71. The molecule has 0 saturated heterocycles.